The summed E-state index contributed by atoms with van der Waals surface area (Å²) in [4.78, 5) is 25.2. The molecule has 0 aromatic heterocycles. The van der Waals surface area contributed by atoms with Crippen LogP contribution in [0.15, 0.2) is 30.3 Å². The van der Waals surface area contributed by atoms with Gasteiger partial charge in [-0.3, -0.25) is 4.79 Å². The van der Waals surface area contributed by atoms with E-state index in [1.165, 1.54) is 12.0 Å². The van der Waals surface area contributed by atoms with Gasteiger partial charge in [0.25, 0.3) is 5.91 Å². The summed E-state index contributed by atoms with van der Waals surface area (Å²) < 4.78 is 10.0. The average molecular weight is 263 g/mol. The van der Waals surface area contributed by atoms with Crippen LogP contribution >= 0.6 is 0 Å². The lowest BCUT2D eigenvalue weighted by atomic mass is 9.96. The summed E-state index contributed by atoms with van der Waals surface area (Å²) in [5, 5.41) is 0. The largest absolute Gasteiger partial charge is 0.464 e. The zero-order valence-electron chi connectivity index (χ0n) is 11.0. The van der Waals surface area contributed by atoms with Crippen molar-refractivity contribution in [1.82, 2.24) is 4.90 Å². The van der Waals surface area contributed by atoms with Gasteiger partial charge in [0.2, 0.25) is 0 Å². The summed E-state index contributed by atoms with van der Waals surface area (Å²) in [5.74, 6) is -0.589. The summed E-state index contributed by atoms with van der Waals surface area (Å²) in [6.45, 7) is 2.42. The summed E-state index contributed by atoms with van der Waals surface area (Å²) in [5.41, 5.74) is 0.972. The van der Waals surface area contributed by atoms with E-state index in [-0.39, 0.29) is 5.91 Å². The number of methoxy groups -OCH3 is 1. The highest BCUT2D eigenvalue weighted by molar-refractivity contribution is 5.99. The van der Waals surface area contributed by atoms with Crippen molar-refractivity contribution in [1.29, 1.82) is 0 Å². The van der Waals surface area contributed by atoms with E-state index in [0.29, 0.717) is 13.2 Å². The molecule has 0 radical (unpaired) electrons. The first-order valence-electron chi connectivity index (χ1n) is 6.23. The van der Waals surface area contributed by atoms with E-state index in [1.807, 2.05) is 30.3 Å². The number of carbonyl (C=O) groups excluding carboxylic acids is 2. The maximum absolute atomic E-state index is 11.9. The normalized spacial score (nSPS) is 22.0. The van der Waals surface area contributed by atoms with Crippen LogP contribution in [-0.2, 0) is 25.6 Å². The fourth-order valence-corrected chi connectivity index (χ4v) is 2.18. The highest BCUT2D eigenvalue weighted by Gasteiger charge is 2.52. The van der Waals surface area contributed by atoms with E-state index in [9.17, 15) is 9.59 Å². The Morgan fingerprint density at radius 1 is 1.32 bits per heavy atom. The Labute approximate surface area is 112 Å². The predicted molar refractivity (Wildman–Crippen MR) is 68.2 cm³/mol. The van der Waals surface area contributed by atoms with Crippen LogP contribution in [0.2, 0.25) is 0 Å². The molecule has 1 saturated heterocycles. The van der Waals surface area contributed by atoms with Crippen LogP contribution in [0.4, 0.5) is 0 Å². The first kappa shape index (κ1) is 13.5. The molecule has 0 unspecified atom stereocenters. The van der Waals surface area contributed by atoms with Gasteiger partial charge in [-0.05, 0) is 12.5 Å². The van der Waals surface area contributed by atoms with Crippen molar-refractivity contribution in [3.8, 4) is 0 Å². The number of rotatable bonds is 5. The molecule has 0 N–H and O–H groups in total. The summed E-state index contributed by atoms with van der Waals surface area (Å²) in [6, 6.07) is 8.88. The highest BCUT2D eigenvalue weighted by Crippen LogP contribution is 2.26. The lowest BCUT2D eigenvalue weighted by Gasteiger charge is -2.44. The molecular formula is C14H17NO4. The van der Waals surface area contributed by atoms with Gasteiger partial charge < -0.3 is 14.4 Å². The van der Waals surface area contributed by atoms with Gasteiger partial charge in [-0.1, -0.05) is 30.3 Å². The molecule has 1 aliphatic heterocycles. The highest BCUT2D eigenvalue weighted by atomic mass is 16.5. The number of β-lactam (4-membered cyclic amide) rings is 1. The molecule has 0 aliphatic carbocycles. The third-order valence-corrected chi connectivity index (χ3v) is 3.13. The van der Waals surface area contributed by atoms with E-state index in [2.05, 4.69) is 0 Å². The van der Waals surface area contributed by atoms with Gasteiger partial charge in [-0.2, -0.15) is 0 Å². The summed E-state index contributed by atoms with van der Waals surface area (Å²) in [7, 11) is 1.43. The van der Waals surface area contributed by atoms with Crippen molar-refractivity contribution in [2.45, 2.75) is 25.6 Å². The minimum absolute atomic E-state index is 0.176. The number of likely N-dealkylation sites (tertiary alicyclic amines) is 1. The second-order valence-corrected chi connectivity index (χ2v) is 4.30. The van der Waals surface area contributed by atoms with Gasteiger partial charge in [0, 0.05) is 13.7 Å². The van der Waals surface area contributed by atoms with Gasteiger partial charge in [0.15, 0.2) is 12.1 Å². The number of esters is 1. The molecule has 5 nitrogen and oxygen atoms in total. The van der Waals surface area contributed by atoms with Gasteiger partial charge >= 0.3 is 5.97 Å². The molecule has 1 aromatic carbocycles. The second-order valence-electron chi connectivity index (χ2n) is 4.30. The quantitative estimate of drug-likeness (QED) is 0.587. The maximum atomic E-state index is 11.9. The topological polar surface area (TPSA) is 55.8 Å². The molecule has 0 saturated carbocycles. The number of carbonyl (C=O) groups is 2. The Balaban J connectivity index is 2.10. The van der Waals surface area contributed by atoms with E-state index in [0.717, 1.165) is 5.56 Å². The number of hydrogen-bond donors (Lipinski definition) is 0. The molecule has 1 aromatic rings. The number of benzene rings is 1. The van der Waals surface area contributed by atoms with Crippen LogP contribution < -0.4 is 0 Å². The number of ether oxygens (including phenoxy) is 2. The fraction of sp³-hybridized carbons (Fsp3) is 0.429. The number of amides is 1. The second kappa shape index (κ2) is 5.84. The van der Waals surface area contributed by atoms with Crippen LogP contribution in [0.5, 0.6) is 0 Å². The van der Waals surface area contributed by atoms with Crippen LogP contribution in [0.1, 0.15) is 12.5 Å². The average Bonchev–Trinajstić information content (AvgIpc) is 2.43. The lowest BCUT2D eigenvalue weighted by molar-refractivity contribution is -0.186. The van der Waals surface area contributed by atoms with Crippen molar-refractivity contribution < 1.29 is 19.1 Å². The number of nitrogens with zero attached hydrogens (tertiary/aromatic N) is 1. The van der Waals surface area contributed by atoms with Crippen LogP contribution in [0.25, 0.3) is 0 Å². The first-order chi connectivity index (χ1) is 9.19. The molecule has 19 heavy (non-hydrogen) atoms. The molecule has 5 heteroatoms. The van der Waals surface area contributed by atoms with Gasteiger partial charge in [0.05, 0.1) is 6.61 Å². The van der Waals surface area contributed by atoms with Gasteiger partial charge in [0.1, 0.15) is 0 Å². The van der Waals surface area contributed by atoms with E-state index >= 15 is 0 Å². The molecule has 0 bridgehead atoms. The van der Waals surface area contributed by atoms with Crippen molar-refractivity contribution in [3.63, 3.8) is 0 Å². The van der Waals surface area contributed by atoms with Crippen molar-refractivity contribution in [3.05, 3.63) is 35.9 Å². The van der Waals surface area contributed by atoms with Crippen molar-refractivity contribution in [2.24, 2.45) is 0 Å². The Bertz CT molecular complexity index is 460. The molecule has 2 atom stereocenters. The minimum Gasteiger partial charge on any atom is -0.464 e. The monoisotopic (exact) mass is 263 g/mol. The zero-order chi connectivity index (χ0) is 13.8. The van der Waals surface area contributed by atoms with E-state index in [4.69, 9.17) is 9.47 Å². The van der Waals surface area contributed by atoms with Gasteiger partial charge in [-0.25, -0.2) is 4.79 Å². The third kappa shape index (κ3) is 2.61. The Hall–Kier alpha value is -1.88. The zero-order valence-corrected chi connectivity index (χ0v) is 11.0. The molecule has 1 aliphatic rings. The van der Waals surface area contributed by atoms with E-state index in [1.54, 1.807) is 6.92 Å². The van der Waals surface area contributed by atoms with Crippen LogP contribution in [-0.4, -0.2) is 42.6 Å². The molecule has 1 amide bonds. The Kier molecular flexibility index (Phi) is 4.16. The van der Waals surface area contributed by atoms with Crippen LogP contribution in [0, 0.1) is 0 Å². The first-order valence-corrected chi connectivity index (χ1v) is 6.23. The minimum atomic E-state index is -0.720. The maximum Gasteiger partial charge on any atom is 0.332 e. The van der Waals surface area contributed by atoms with E-state index < -0.39 is 18.1 Å². The van der Waals surface area contributed by atoms with Crippen LogP contribution in [0.3, 0.4) is 0 Å². The SMILES string of the molecule is CCOC(=O)[C@@H]1[C@H](OC)C(=O)N1Cc1ccccc1. The predicted octanol–water partition coefficient (Wildman–Crippen LogP) is 0.975. The fourth-order valence-electron chi connectivity index (χ4n) is 2.18. The molecule has 1 fully saturated rings. The molecule has 2 rings (SSSR count). The molecule has 102 valence electrons. The third-order valence-electron chi connectivity index (χ3n) is 3.13. The van der Waals surface area contributed by atoms with Gasteiger partial charge in [-0.15, -0.1) is 0 Å². The van der Waals surface area contributed by atoms with Crippen molar-refractivity contribution >= 4 is 11.9 Å². The lowest BCUT2D eigenvalue weighted by Crippen LogP contribution is -2.68. The summed E-state index contributed by atoms with van der Waals surface area (Å²) >= 11 is 0. The molecule has 0 spiro atoms. The smallest absolute Gasteiger partial charge is 0.332 e. The molecular weight excluding hydrogens is 246 g/mol. The Morgan fingerprint density at radius 2 is 2.00 bits per heavy atom. The Morgan fingerprint density at radius 3 is 2.58 bits per heavy atom. The molecule has 1 heterocycles. The standard InChI is InChI=1S/C14H17NO4/c1-3-19-14(17)11-12(18-2)13(16)15(11)9-10-7-5-4-6-8-10/h4-8,11-12H,3,9H2,1-2H3/t11-,12-/m0/s1. The van der Waals surface area contributed by atoms with Crippen molar-refractivity contribution in [2.75, 3.05) is 13.7 Å². The number of hydrogen-bond acceptors (Lipinski definition) is 4. The summed E-state index contributed by atoms with van der Waals surface area (Å²) in [6.07, 6.45) is -0.720.